The number of hydrogen-bond acceptors (Lipinski definition) is 9. The van der Waals surface area contributed by atoms with Gasteiger partial charge in [-0.1, -0.05) is 130 Å². The summed E-state index contributed by atoms with van der Waals surface area (Å²) in [6.45, 7) is 37.2. The summed E-state index contributed by atoms with van der Waals surface area (Å²) in [5.74, 6) is 2.27. The average molecular weight is 746 g/mol. The molecule has 0 aromatic heterocycles. The highest BCUT2D eigenvalue weighted by molar-refractivity contribution is 5.57. The van der Waals surface area contributed by atoms with Crippen molar-refractivity contribution >= 4 is 6.34 Å². The lowest BCUT2D eigenvalue weighted by Crippen LogP contribution is -2.56. The summed E-state index contributed by atoms with van der Waals surface area (Å²) in [4.78, 5) is 18.0. The number of nitrogens with zero attached hydrogens (tertiary/aromatic N) is 3. The Kier molecular flexibility index (Phi) is 11.2. The molecule has 1 atom stereocenters. The van der Waals surface area contributed by atoms with Crippen molar-refractivity contribution in [3.63, 3.8) is 0 Å². The molecule has 3 aromatic rings. The Morgan fingerprint density at radius 3 is 1.04 bits per heavy atom. The molecule has 54 heavy (non-hydrogen) atoms. The summed E-state index contributed by atoms with van der Waals surface area (Å²) in [5.41, 5.74) is 2.24. The SMILES string of the molecule is CC(C)(C)c1cc(OC2N(Oc3cc(C(C)(C)C)c(O)c(C(C)(C)C)c3)C=NCN2Oc2cc(C(C)(C)C)c(O)c(C(C)(C)C)c2)cc(C(C)(C)C)c1O. The van der Waals surface area contributed by atoms with E-state index < -0.39 is 6.35 Å². The van der Waals surface area contributed by atoms with Crippen LogP contribution in [0.2, 0.25) is 0 Å². The van der Waals surface area contributed by atoms with E-state index in [9.17, 15) is 15.3 Å². The number of phenolic OH excluding ortho intramolecular Hbond substituents is 3. The Bertz CT molecular complexity index is 1770. The van der Waals surface area contributed by atoms with Crippen LogP contribution in [0.1, 0.15) is 158 Å². The molecule has 0 saturated heterocycles. The number of hydroxylamine groups is 4. The molecule has 9 heteroatoms. The monoisotopic (exact) mass is 746 g/mol. The molecule has 0 amide bonds. The van der Waals surface area contributed by atoms with Crippen molar-refractivity contribution in [2.45, 2.75) is 163 Å². The summed E-state index contributed by atoms with van der Waals surface area (Å²) in [5, 5.41) is 37.5. The number of ether oxygens (including phenoxy) is 1. The van der Waals surface area contributed by atoms with E-state index in [1.54, 1.807) is 11.4 Å². The first-order chi connectivity index (χ1) is 24.3. The number of hydrogen-bond donors (Lipinski definition) is 3. The maximum Gasteiger partial charge on any atom is 0.297 e. The zero-order chi connectivity index (χ0) is 41.1. The molecule has 298 valence electrons. The van der Waals surface area contributed by atoms with Crippen LogP contribution in [-0.2, 0) is 32.5 Å². The average Bonchev–Trinajstić information content (AvgIpc) is 2.97. The van der Waals surface area contributed by atoms with E-state index in [0.717, 1.165) is 33.4 Å². The third-order valence-electron chi connectivity index (χ3n) is 9.65. The van der Waals surface area contributed by atoms with Gasteiger partial charge in [0.2, 0.25) is 0 Å². The predicted molar refractivity (Wildman–Crippen MR) is 219 cm³/mol. The molecule has 1 heterocycles. The van der Waals surface area contributed by atoms with Crippen LogP contribution in [0.4, 0.5) is 0 Å². The second kappa shape index (κ2) is 14.2. The summed E-state index contributed by atoms with van der Waals surface area (Å²) < 4.78 is 6.89. The lowest BCUT2D eigenvalue weighted by atomic mass is 9.79. The molecule has 1 aliphatic heterocycles. The first-order valence-electron chi connectivity index (χ1n) is 19.0. The minimum absolute atomic E-state index is 0.105. The number of aromatic hydroxyl groups is 3. The van der Waals surface area contributed by atoms with Gasteiger partial charge in [0.25, 0.3) is 6.35 Å². The van der Waals surface area contributed by atoms with Crippen LogP contribution in [0.3, 0.4) is 0 Å². The minimum atomic E-state index is -1.01. The van der Waals surface area contributed by atoms with Crippen molar-refractivity contribution in [2.75, 3.05) is 6.67 Å². The molecule has 0 aliphatic carbocycles. The topological polar surface area (TPSA) is 107 Å². The largest absolute Gasteiger partial charge is 0.507 e. The summed E-state index contributed by atoms with van der Waals surface area (Å²) in [6, 6.07) is 11.2. The van der Waals surface area contributed by atoms with Gasteiger partial charge in [0.1, 0.15) is 41.8 Å². The van der Waals surface area contributed by atoms with E-state index >= 15 is 0 Å². The summed E-state index contributed by atoms with van der Waals surface area (Å²) in [7, 11) is 0. The van der Waals surface area contributed by atoms with Crippen molar-refractivity contribution < 1.29 is 29.7 Å². The molecule has 9 nitrogen and oxygen atoms in total. The molecule has 1 aliphatic rings. The van der Waals surface area contributed by atoms with Gasteiger partial charge in [0.05, 0.1) is 0 Å². The fraction of sp³-hybridized carbons (Fsp3) is 0.578. The van der Waals surface area contributed by atoms with Crippen LogP contribution in [0, 0.1) is 0 Å². The van der Waals surface area contributed by atoms with Crippen molar-refractivity contribution in [2.24, 2.45) is 4.99 Å². The molecular formula is C45H67N3O6. The van der Waals surface area contributed by atoms with Gasteiger partial charge in [-0.15, -0.1) is 5.06 Å². The van der Waals surface area contributed by atoms with Crippen LogP contribution in [-0.4, -0.2) is 44.8 Å². The van der Waals surface area contributed by atoms with Gasteiger partial charge in [-0.25, -0.2) is 0 Å². The Hall–Kier alpha value is -4.11. The van der Waals surface area contributed by atoms with Crippen molar-refractivity contribution in [1.82, 2.24) is 10.1 Å². The molecule has 1 unspecified atom stereocenters. The minimum Gasteiger partial charge on any atom is -0.507 e. The van der Waals surface area contributed by atoms with Gasteiger partial charge >= 0.3 is 0 Å². The van der Waals surface area contributed by atoms with Gasteiger partial charge in [-0.2, -0.15) is 0 Å². The third kappa shape index (κ3) is 9.39. The van der Waals surface area contributed by atoms with E-state index in [1.807, 2.05) is 36.4 Å². The second-order valence-corrected chi connectivity index (χ2v) is 20.9. The number of phenols is 3. The molecule has 3 aromatic carbocycles. The molecule has 0 fully saturated rings. The van der Waals surface area contributed by atoms with Gasteiger partial charge < -0.3 is 29.7 Å². The Morgan fingerprint density at radius 1 is 0.463 bits per heavy atom. The number of aliphatic imine (C=N–C) groups is 1. The Morgan fingerprint density at radius 2 is 0.741 bits per heavy atom. The van der Waals surface area contributed by atoms with Crippen LogP contribution >= 0.6 is 0 Å². The molecule has 0 bridgehead atoms. The third-order valence-corrected chi connectivity index (χ3v) is 9.65. The summed E-state index contributed by atoms with van der Waals surface area (Å²) >= 11 is 0. The van der Waals surface area contributed by atoms with Crippen molar-refractivity contribution in [3.8, 4) is 34.5 Å². The molecule has 0 radical (unpaired) electrons. The van der Waals surface area contributed by atoms with Gasteiger partial charge in [0, 0.05) is 33.4 Å². The lowest BCUT2D eigenvalue weighted by molar-refractivity contribution is -0.261. The van der Waals surface area contributed by atoms with Crippen molar-refractivity contribution in [3.05, 3.63) is 69.8 Å². The highest BCUT2D eigenvalue weighted by Gasteiger charge is 2.37. The first-order valence-corrected chi connectivity index (χ1v) is 19.0. The molecule has 0 saturated carbocycles. The van der Waals surface area contributed by atoms with E-state index in [-0.39, 0.29) is 56.4 Å². The van der Waals surface area contributed by atoms with Crippen LogP contribution in [0.15, 0.2) is 41.4 Å². The molecular weight excluding hydrogens is 679 g/mol. The van der Waals surface area contributed by atoms with Crippen molar-refractivity contribution in [1.29, 1.82) is 0 Å². The quantitative estimate of drug-likeness (QED) is 0.229. The molecule has 3 N–H and O–H groups in total. The molecule has 0 spiro atoms. The Labute approximate surface area is 324 Å². The fourth-order valence-corrected chi connectivity index (χ4v) is 6.51. The molecule has 4 rings (SSSR count). The normalized spacial score (nSPS) is 16.5. The van der Waals surface area contributed by atoms with E-state index in [4.69, 9.17) is 14.4 Å². The predicted octanol–water partition coefficient (Wildman–Crippen LogP) is 10.8. The van der Waals surface area contributed by atoms with Crippen LogP contribution in [0.25, 0.3) is 0 Å². The number of rotatable bonds is 6. The van der Waals surface area contributed by atoms with Gasteiger partial charge in [-0.3, -0.25) is 4.99 Å². The fourth-order valence-electron chi connectivity index (χ4n) is 6.51. The van der Waals surface area contributed by atoms with Gasteiger partial charge in [0.15, 0.2) is 5.75 Å². The van der Waals surface area contributed by atoms with Crippen LogP contribution < -0.4 is 14.4 Å². The maximum atomic E-state index is 11.5. The maximum absolute atomic E-state index is 11.5. The highest BCUT2D eigenvalue weighted by atomic mass is 16.8. The van der Waals surface area contributed by atoms with Gasteiger partial charge in [-0.05, 0) is 68.9 Å². The zero-order valence-corrected chi connectivity index (χ0v) is 36.2. The first kappa shape index (κ1) is 42.6. The van der Waals surface area contributed by atoms with E-state index in [0.29, 0.717) is 17.2 Å². The van der Waals surface area contributed by atoms with E-state index in [2.05, 4.69) is 130 Å². The van der Waals surface area contributed by atoms with E-state index in [1.165, 1.54) is 5.06 Å². The Balaban J connectivity index is 1.93. The standard InChI is InChI=1S/C45H67N3O6/c1-40(2,3)30-19-27(20-31(36(30)49)41(4,5)6)52-39-47(53-28-21-32(42(7,8)9)37(50)33(22-28)43(10,11)12)25-46-26-48(39)54-29-23-34(44(13,14)15)38(51)35(24-29)45(16,17)18/h19-25,39,49-51H,26H2,1-18H3. The lowest BCUT2D eigenvalue weighted by Gasteiger charge is -2.39. The van der Waals surface area contributed by atoms with Crippen LogP contribution in [0.5, 0.6) is 34.5 Å². The summed E-state index contributed by atoms with van der Waals surface area (Å²) in [6.07, 6.45) is 0.571. The zero-order valence-electron chi connectivity index (χ0n) is 36.2. The number of benzene rings is 3. The second-order valence-electron chi connectivity index (χ2n) is 20.9. The smallest absolute Gasteiger partial charge is 0.297 e. The highest BCUT2D eigenvalue weighted by Crippen LogP contribution is 2.45.